The van der Waals surface area contributed by atoms with Crippen LogP contribution in [0.4, 0.5) is 5.82 Å². The van der Waals surface area contributed by atoms with E-state index >= 15 is 0 Å². The molecule has 3 N–H and O–H groups in total. The van der Waals surface area contributed by atoms with Gasteiger partial charge in [-0.1, -0.05) is 42.5 Å². The summed E-state index contributed by atoms with van der Waals surface area (Å²) in [6, 6.07) is 13.7. The van der Waals surface area contributed by atoms with Crippen molar-refractivity contribution in [2.45, 2.75) is 0 Å². The van der Waals surface area contributed by atoms with Crippen molar-refractivity contribution in [2.75, 3.05) is 5.73 Å². The Labute approximate surface area is 119 Å². The first-order valence-corrected chi connectivity index (χ1v) is 6.15. The maximum atomic E-state index is 11.7. The van der Waals surface area contributed by atoms with Crippen LogP contribution in [0.15, 0.2) is 52.2 Å². The van der Waals surface area contributed by atoms with Crippen molar-refractivity contribution < 1.29 is 9.42 Å². The Balaban J connectivity index is 1.80. The molecule has 0 saturated carbocycles. The Kier molecular flexibility index (Phi) is 3.30. The topological polar surface area (TPSA) is 106 Å². The molecular weight excluding hydrogens is 270 g/mol. The van der Waals surface area contributed by atoms with Crippen molar-refractivity contribution in [2.24, 2.45) is 5.10 Å². The van der Waals surface area contributed by atoms with Gasteiger partial charge in [-0.3, -0.25) is 4.79 Å². The molecule has 3 aromatic rings. The van der Waals surface area contributed by atoms with E-state index in [1.807, 2.05) is 42.5 Å². The highest BCUT2D eigenvalue weighted by molar-refractivity contribution is 6.01. The molecule has 0 unspecified atom stereocenters. The number of fused-ring (bicyclic) bond motifs is 1. The fraction of sp³-hybridized carbons (Fsp3) is 0. The number of hydrogen-bond acceptors (Lipinski definition) is 6. The van der Waals surface area contributed by atoms with Gasteiger partial charge < -0.3 is 5.73 Å². The second-order valence-electron chi connectivity index (χ2n) is 4.27. The first kappa shape index (κ1) is 12.8. The lowest BCUT2D eigenvalue weighted by atomic mass is 10.1. The Morgan fingerprint density at radius 1 is 1.19 bits per heavy atom. The van der Waals surface area contributed by atoms with E-state index < -0.39 is 5.91 Å². The molecule has 3 rings (SSSR count). The minimum absolute atomic E-state index is 0.0761. The zero-order valence-corrected chi connectivity index (χ0v) is 10.9. The standard InChI is InChI=1S/C14H11N5O2/c15-13-12(18-21-19-13)14(20)17-16-8-10-6-3-5-9-4-1-2-7-11(9)10/h1-8H,(H2,15,19)(H,17,20)/b16-8-. The fourth-order valence-corrected chi connectivity index (χ4v) is 1.93. The van der Waals surface area contributed by atoms with Crippen molar-refractivity contribution in [3.8, 4) is 0 Å². The summed E-state index contributed by atoms with van der Waals surface area (Å²) in [4.78, 5) is 11.7. The smallest absolute Gasteiger partial charge is 0.297 e. The number of nitrogen functional groups attached to an aromatic ring is 1. The number of aromatic nitrogens is 2. The summed E-state index contributed by atoms with van der Waals surface area (Å²) in [5.74, 6) is -0.655. The summed E-state index contributed by atoms with van der Waals surface area (Å²) < 4.78 is 4.35. The summed E-state index contributed by atoms with van der Waals surface area (Å²) in [7, 11) is 0. The number of hydrazone groups is 1. The third kappa shape index (κ3) is 2.57. The Bertz CT molecular complexity index is 820. The average molecular weight is 281 g/mol. The molecule has 0 atom stereocenters. The van der Waals surface area contributed by atoms with E-state index in [9.17, 15) is 4.79 Å². The number of amides is 1. The van der Waals surface area contributed by atoms with Gasteiger partial charge in [-0.25, -0.2) is 10.1 Å². The van der Waals surface area contributed by atoms with E-state index in [0.29, 0.717) is 0 Å². The van der Waals surface area contributed by atoms with Crippen molar-refractivity contribution in [3.05, 3.63) is 53.7 Å². The molecule has 0 aliphatic carbocycles. The van der Waals surface area contributed by atoms with Crippen LogP contribution in [0.5, 0.6) is 0 Å². The van der Waals surface area contributed by atoms with Crippen molar-refractivity contribution in [1.29, 1.82) is 0 Å². The lowest BCUT2D eigenvalue weighted by Gasteiger charge is -2.01. The molecule has 0 fully saturated rings. The van der Waals surface area contributed by atoms with Crippen LogP contribution >= 0.6 is 0 Å². The summed E-state index contributed by atoms with van der Waals surface area (Å²) in [6.45, 7) is 0. The molecule has 0 spiro atoms. The Morgan fingerprint density at radius 3 is 2.81 bits per heavy atom. The van der Waals surface area contributed by atoms with Gasteiger partial charge >= 0.3 is 0 Å². The van der Waals surface area contributed by atoms with Crippen LogP contribution in [-0.4, -0.2) is 22.4 Å². The second-order valence-corrected chi connectivity index (χ2v) is 4.27. The lowest BCUT2D eigenvalue weighted by molar-refractivity contribution is 0.0946. The first-order valence-electron chi connectivity index (χ1n) is 6.15. The van der Waals surface area contributed by atoms with Gasteiger partial charge in [0.05, 0.1) is 6.21 Å². The summed E-state index contributed by atoms with van der Waals surface area (Å²) in [6.07, 6.45) is 1.56. The molecule has 7 heteroatoms. The number of nitrogens with two attached hydrogens (primary N) is 1. The SMILES string of the molecule is Nc1nonc1C(=O)N/N=C\c1cccc2ccccc12. The maximum Gasteiger partial charge on any atom is 0.297 e. The number of hydrogen-bond donors (Lipinski definition) is 2. The molecule has 1 aromatic heterocycles. The number of nitrogens with zero attached hydrogens (tertiary/aromatic N) is 3. The molecule has 1 heterocycles. The van der Waals surface area contributed by atoms with E-state index in [0.717, 1.165) is 16.3 Å². The Morgan fingerprint density at radius 2 is 2.00 bits per heavy atom. The van der Waals surface area contributed by atoms with Crippen molar-refractivity contribution in [3.63, 3.8) is 0 Å². The van der Waals surface area contributed by atoms with Crippen LogP contribution in [0.3, 0.4) is 0 Å². The monoisotopic (exact) mass is 281 g/mol. The number of anilines is 1. The molecule has 0 saturated heterocycles. The maximum absolute atomic E-state index is 11.7. The Hall–Kier alpha value is -3.22. The summed E-state index contributed by atoms with van der Waals surface area (Å²) in [5.41, 5.74) is 8.54. The molecule has 2 aromatic carbocycles. The van der Waals surface area contributed by atoms with Crippen LogP contribution < -0.4 is 11.2 Å². The molecule has 0 bridgehead atoms. The minimum Gasteiger partial charge on any atom is -0.379 e. The van der Waals surface area contributed by atoms with E-state index in [-0.39, 0.29) is 11.5 Å². The number of nitrogens with one attached hydrogen (secondary N) is 1. The summed E-state index contributed by atoms with van der Waals surface area (Å²) in [5, 5.41) is 12.8. The zero-order chi connectivity index (χ0) is 14.7. The molecule has 104 valence electrons. The summed E-state index contributed by atoms with van der Waals surface area (Å²) >= 11 is 0. The normalized spacial score (nSPS) is 11.0. The largest absolute Gasteiger partial charge is 0.379 e. The highest BCUT2D eigenvalue weighted by atomic mass is 16.6. The molecular formula is C14H11N5O2. The van der Waals surface area contributed by atoms with Gasteiger partial charge in [0, 0.05) is 5.56 Å². The lowest BCUT2D eigenvalue weighted by Crippen LogP contribution is -2.19. The van der Waals surface area contributed by atoms with Gasteiger partial charge in [0.2, 0.25) is 11.5 Å². The van der Waals surface area contributed by atoms with Gasteiger partial charge in [-0.2, -0.15) is 5.10 Å². The van der Waals surface area contributed by atoms with E-state index in [1.165, 1.54) is 0 Å². The number of carbonyl (C=O) groups excluding carboxylic acids is 1. The highest BCUT2D eigenvalue weighted by Crippen LogP contribution is 2.16. The van der Waals surface area contributed by atoms with Crippen LogP contribution in [0.2, 0.25) is 0 Å². The van der Waals surface area contributed by atoms with E-state index in [4.69, 9.17) is 5.73 Å². The first-order chi connectivity index (χ1) is 10.3. The quantitative estimate of drug-likeness (QED) is 0.559. The molecule has 0 aliphatic rings. The molecule has 21 heavy (non-hydrogen) atoms. The number of benzene rings is 2. The number of rotatable bonds is 3. The van der Waals surface area contributed by atoms with Gasteiger partial charge in [0.1, 0.15) is 0 Å². The van der Waals surface area contributed by atoms with Crippen LogP contribution in [0, 0.1) is 0 Å². The second kappa shape index (κ2) is 5.41. The zero-order valence-electron chi connectivity index (χ0n) is 10.9. The van der Waals surface area contributed by atoms with Crippen molar-refractivity contribution in [1.82, 2.24) is 15.7 Å². The van der Waals surface area contributed by atoms with Gasteiger partial charge in [-0.05, 0) is 21.1 Å². The van der Waals surface area contributed by atoms with E-state index in [1.54, 1.807) is 6.21 Å². The molecule has 0 radical (unpaired) electrons. The molecule has 7 nitrogen and oxygen atoms in total. The minimum atomic E-state index is -0.578. The van der Waals surface area contributed by atoms with Gasteiger partial charge in [0.15, 0.2) is 0 Å². The predicted octanol–water partition coefficient (Wildman–Crippen LogP) is 1.57. The van der Waals surface area contributed by atoms with Gasteiger partial charge in [-0.15, -0.1) is 0 Å². The van der Waals surface area contributed by atoms with E-state index in [2.05, 4.69) is 25.5 Å². The highest BCUT2D eigenvalue weighted by Gasteiger charge is 2.14. The van der Waals surface area contributed by atoms with Crippen molar-refractivity contribution >= 4 is 28.7 Å². The number of carbonyl (C=O) groups is 1. The van der Waals surface area contributed by atoms with Crippen LogP contribution in [-0.2, 0) is 0 Å². The third-order valence-electron chi connectivity index (χ3n) is 2.92. The van der Waals surface area contributed by atoms with Crippen LogP contribution in [0.25, 0.3) is 10.8 Å². The average Bonchev–Trinajstić information content (AvgIpc) is 2.93. The van der Waals surface area contributed by atoms with Crippen LogP contribution in [0.1, 0.15) is 16.1 Å². The molecule has 0 aliphatic heterocycles. The fourth-order valence-electron chi connectivity index (χ4n) is 1.93. The third-order valence-corrected chi connectivity index (χ3v) is 2.92. The van der Waals surface area contributed by atoms with Gasteiger partial charge in [0.25, 0.3) is 5.91 Å². The predicted molar refractivity (Wildman–Crippen MR) is 77.7 cm³/mol. The molecule has 1 amide bonds.